The molecular weight excluding hydrogens is 350 g/mol. The topological polar surface area (TPSA) is 47.2 Å². The summed E-state index contributed by atoms with van der Waals surface area (Å²) in [4.78, 5) is 13.4. The molecule has 6 heteroatoms. The van der Waals surface area contributed by atoms with Gasteiger partial charge in [0.15, 0.2) is 17.8 Å². The van der Waals surface area contributed by atoms with Crippen molar-refractivity contribution in [2.45, 2.75) is 32.6 Å². The van der Waals surface area contributed by atoms with Gasteiger partial charge in [0.25, 0.3) is 0 Å². The Hall–Kier alpha value is -2.76. The number of benzene rings is 1. The number of carbonyl (C=O) groups excluding carboxylic acids is 1. The second kappa shape index (κ2) is 6.76. The molecule has 0 radical (unpaired) electrons. The highest BCUT2D eigenvalue weighted by atomic mass is 19.2. The Morgan fingerprint density at radius 2 is 1.74 bits per heavy atom. The maximum atomic E-state index is 14.1. The van der Waals surface area contributed by atoms with Gasteiger partial charge in [-0.15, -0.1) is 0 Å². The van der Waals surface area contributed by atoms with Crippen LogP contribution in [0.2, 0.25) is 0 Å². The number of piperidine rings is 1. The third-order valence-electron chi connectivity index (χ3n) is 5.53. The molecule has 1 aromatic carbocycles. The van der Waals surface area contributed by atoms with Crippen LogP contribution in [0.5, 0.6) is 0 Å². The Morgan fingerprint density at radius 1 is 1.07 bits per heavy atom. The number of amides is 1. The quantitative estimate of drug-likeness (QED) is 0.528. The van der Waals surface area contributed by atoms with Gasteiger partial charge in [-0.3, -0.25) is 4.79 Å². The van der Waals surface area contributed by atoms with Crippen LogP contribution in [0.15, 0.2) is 36.0 Å². The molecule has 0 atom stereocenters. The normalized spacial score (nSPS) is 16.6. The lowest BCUT2D eigenvalue weighted by Crippen LogP contribution is -2.36. The van der Waals surface area contributed by atoms with E-state index in [9.17, 15) is 18.8 Å². The SMILES string of the molecule is CC(=O)N1CCC(=C2c3cc(F)c(F)cc3CCc3ccc[n+]([O-])c32)CC1. The van der Waals surface area contributed by atoms with Crippen molar-refractivity contribution >= 4 is 11.5 Å². The molecule has 1 aromatic heterocycles. The third-order valence-corrected chi connectivity index (χ3v) is 5.53. The minimum atomic E-state index is -0.912. The molecule has 0 saturated carbocycles. The van der Waals surface area contributed by atoms with Crippen molar-refractivity contribution in [1.29, 1.82) is 0 Å². The first-order valence-electron chi connectivity index (χ1n) is 9.13. The maximum Gasteiger partial charge on any atom is 0.227 e. The van der Waals surface area contributed by atoms with Gasteiger partial charge in [-0.05, 0) is 55.0 Å². The number of fused-ring (bicyclic) bond motifs is 2. The van der Waals surface area contributed by atoms with Crippen LogP contribution in [0.25, 0.3) is 5.57 Å². The van der Waals surface area contributed by atoms with Gasteiger partial charge < -0.3 is 10.1 Å². The van der Waals surface area contributed by atoms with Gasteiger partial charge in [0, 0.05) is 31.6 Å². The van der Waals surface area contributed by atoms with Crippen molar-refractivity contribution in [3.8, 4) is 0 Å². The van der Waals surface area contributed by atoms with E-state index < -0.39 is 11.6 Å². The number of halogens is 2. The van der Waals surface area contributed by atoms with Crippen LogP contribution in [0, 0.1) is 16.8 Å². The average molecular weight is 370 g/mol. The maximum absolute atomic E-state index is 14.1. The molecule has 0 bridgehead atoms. The number of hydrogen-bond donors (Lipinski definition) is 0. The molecule has 0 unspecified atom stereocenters. The lowest BCUT2D eigenvalue weighted by Gasteiger charge is -2.29. The number of nitrogens with zero attached hydrogens (tertiary/aromatic N) is 2. The summed E-state index contributed by atoms with van der Waals surface area (Å²) in [5.74, 6) is -1.76. The van der Waals surface area contributed by atoms with E-state index in [2.05, 4.69) is 0 Å². The lowest BCUT2D eigenvalue weighted by atomic mass is 9.88. The van der Waals surface area contributed by atoms with Gasteiger partial charge >= 0.3 is 0 Å². The van der Waals surface area contributed by atoms with E-state index in [4.69, 9.17) is 0 Å². The van der Waals surface area contributed by atoms with E-state index in [-0.39, 0.29) is 5.91 Å². The molecule has 1 saturated heterocycles. The molecule has 0 spiro atoms. The van der Waals surface area contributed by atoms with E-state index >= 15 is 0 Å². The highest BCUT2D eigenvalue weighted by Gasteiger charge is 2.30. The Bertz CT molecular complexity index is 959. The fourth-order valence-electron chi connectivity index (χ4n) is 4.13. The highest BCUT2D eigenvalue weighted by molar-refractivity contribution is 5.83. The van der Waals surface area contributed by atoms with Crippen molar-refractivity contribution in [3.05, 3.63) is 75.3 Å². The monoisotopic (exact) mass is 370 g/mol. The number of carbonyl (C=O) groups is 1. The van der Waals surface area contributed by atoms with Crippen LogP contribution in [0.4, 0.5) is 8.78 Å². The summed E-state index contributed by atoms with van der Waals surface area (Å²) in [6, 6.07) is 6.06. The molecule has 140 valence electrons. The molecule has 0 N–H and O–H groups in total. The van der Waals surface area contributed by atoms with Gasteiger partial charge in [-0.1, -0.05) is 5.57 Å². The van der Waals surface area contributed by atoms with Crippen LogP contribution in [0.1, 0.15) is 42.1 Å². The lowest BCUT2D eigenvalue weighted by molar-refractivity contribution is -0.608. The molecule has 1 fully saturated rings. The average Bonchev–Trinajstić information content (AvgIpc) is 2.80. The van der Waals surface area contributed by atoms with Gasteiger partial charge in [-0.25, -0.2) is 8.78 Å². The van der Waals surface area contributed by atoms with Crippen LogP contribution in [0.3, 0.4) is 0 Å². The summed E-state index contributed by atoms with van der Waals surface area (Å²) in [7, 11) is 0. The molecule has 2 aromatic rings. The van der Waals surface area contributed by atoms with Crippen LogP contribution in [-0.4, -0.2) is 23.9 Å². The molecule has 1 aliphatic carbocycles. The van der Waals surface area contributed by atoms with E-state index in [1.807, 2.05) is 6.07 Å². The van der Waals surface area contributed by atoms with Crippen molar-refractivity contribution in [2.75, 3.05) is 13.1 Å². The Balaban J connectivity index is 1.93. The summed E-state index contributed by atoms with van der Waals surface area (Å²) in [5, 5.41) is 12.7. The summed E-state index contributed by atoms with van der Waals surface area (Å²) >= 11 is 0. The molecule has 27 heavy (non-hydrogen) atoms. The molecule has 4 nitrogen and oxygen atoms in total. The third kappa shape index (κ3) is 3.09. The van der Waals surface area contributed by atoms with Crippen molar-refractivity contribution < 1.29 is 18.3 Å². The number of rotatable bonds is 0. The number of pyridine rings is 1. The van der Waals surface area contributed by atoms with Crippen LogP contribution < -0.4 is 4.73 Å². The first-order valence-corrected chi connectivity index (χ1v) is 9.13. The largest absolute Gasteiger partial charge is 0.618 e. The van der Waals surface area contributed by atoms with Gasteiger partial charge in [-0.2, -0.15) is 4.73 Å². The smallest absolute Gasteiger partial charge is 0.227 e. The number of aryl methyl sites for hydroxylation is 2. The van der Waals surface area contributed by atoms with Crippen molar-refractivity contribution in [1.82, 2.24) is 4.90 Å². The predicted octanol–water partition coefficient (Wildman–Crippen LogP) is 3.14. The van der Waals surface area contributed by atoms with E-state index in [1.54, 1.807) is 11.0 Å². The van der Waals surface area contributed by atoms with Gasteiger partial charge in [0.05, 0.1) is 5.57 Å². The van der Waals surface area contributed by atoms with Crippen LogP contribution >= 0.6 is 0 Å². The van der Waals surface area contributed by atoms with E-state index in [1.165, 1.54) is 25.3 Å². The van der Waals surface area contributed by atoms with Crippen LogP contribution in [-0.2, 0) is 17.6 Å². The minimum absolute atomic E-state index is 0.0210. The van der Waals surface area contributed by atoms with Crippen molar-refractivity contribution in [2.24, 2.45) is 0 Å². The Labute approximate surface area is 156 Å². The Morgan fingerprint density at radius 3 is 2.44 bits per heavy atom. The Kier molecular flexibility index (Phi) is 4.42. The summed E-state index contributed by atoms with van der Waals surface area (Å²) in [6.45, 7) is 2.67. The molecule has 2 aliphatic rings. The standard InChI is InChI=1S/C21H20F2N2O2/c1-13(26)24-9-6-14(7-10-24)20-17-12-19(23)18(22)11-16(17)5-4-15-3-2-8-25(27)21(15)20/h2-3,8,11-12H,4-7,9-10H2,1H3. The zero-order chi connectivity index (χ0) is 19.1. The summed E-state index contributed by atoms with van der Waals surface area (Å²) in [6.07, 6.45) is 3.80. The van der Waals surface area contributed by atoms with Crippen molar-refractivity contribution in [3.63, 3.8) is 0 Å². The molecule has 1 aliphatic heterocycles. The molecule has 2 heterocycles. The first-order chi connectivity index (χ1) is 13.0. The number of aromatic nitrogens is 1. The zero-order valence-corrected chi connectivity index (χ0v) is 15.1. The number of likely N-dealkylation sites (tertiary alicyclic amines) is 1. The van der Waals surface area contributed by atoms with Gasteiger partial charge in [0.1, 0.15) is 0 Å². The fourth-order valence-corrected chi connectivity index (χ4v) is 4.13. The fraction of sp³-hybridized carbons (Fsp3) is 0.333. The zero-order valence-electron chi connectivity index (χ0n) is 15.1. The first kappa shape index (κ1) is 17.6. The van der Waals surface area contributed by atoms with E-state index in [0.29, 0.717) is 61.2 Å². The summed E-state index contributed by atoms with van der Waals surface area (Å²) in [5.41, 5.74) is 4.42. The predicted molar refractivity (Wildman–Crippen MR) is 96.7 cm³/mol. The number of hydrogen-bond acceptors (Lipinski definition) is 2. The van der Waals surface area contributed by atoms with E-state index in [0.717, 1.165) is 15.9 Å². The van der Waals surface area contributed by atoms with Gasteiger partial charge in [0.2, 0.25) is 11.6 Å². The summed E-state index contributed by atoms with van der Waals surface area (Å²) < 4.78 is 28.8. The molecule has 4 rings (SSSR count). The second-order valence-corrected chi connectivity index (χ2v) is 7.12. The highest BCUT2D eigenvalue weighted by Crippen LogP contribution is 2.37. The molecular formula is C21H20F2N2O2. The second-order valence-electron chi connectivity index (χ2n) is 7.12. The minimum Gasteiger partial charge on any atom is -0.618 e. The molecule has 1 amide bonds.